The third-order valence-corrected chi connectivity index (χ3v) is 1.69. The van der Waals surface area contributed by atoms with Gasteiger partial charge in [0, 0.05) is 13.5 Å². The van der Waals surface area contributed by atoms with E-state index in [-0.39, 0.29) is 6.10 Å². The minimum atomic E-state index is -1.19. The molecule has 0 amide bonds. The quantitative estimate of drug-likeness (QED) is 0.578. The Hall–Kier alpha value is -0.610. The first-order valence-electron chi connectivity index (χ1n) is 4.07. The average molecular weight is 174 g/mol. The Morgan fingerprint density at radius 1 is 1.75 bits per heavy atom. The number of hydrogen-bond donors (Lipinski definition) is 0. The van der Waals surface area contributed by atoms with E-state index in [2.05, 4.69) is 0 Å². The molecule has 70 valence electrons. The summed E-state index contributed by atoms with van der Waals surface area (Å²) in [7, 11) is 0. The molecule has 1 fully saturated rings. The van der Waals surface area contributed by atoms with Gasteiger partial charge in [-0.1, -0.05) is 0 Å². The molecule has 0 aromatic carbocycles. The van der Waals surface area contributed by atoms with Crippen LogP contribution in [0.4, 0.5) is 0 Å². The molecule has 12 heavy (non-hydrogen) atoms. The maximum absolute atomic E-state index is 11.2. The van der Waals surface area contributed by atoms with Crippen LogP contribution in [0.2, 0.25) is 0 Å². The predicted molar refractivity (Wildman–Crippen MR) is 41.5 cm³/mol. The summed E-state index contributed by atoms with van der Waals surface area (Å²) in [4.78, 5) is 11.2. The van der Waals surface area contributed by atoms with E-state index in [0.717, 1.165) is 0 Å². The first-order chi connectivity index (χ1) is 5.58. The second-order valence-corrected chi connectivity index (χ2v) is 2.91. The van der Waals surface area contributed by atoms with Crippen LogP contribution >= 0.6 is 0 Å². The lowest BCUT2D eigenvalue weighted by Crippen LogP contribution is -2.50. The third-order valence-electron chi connectivity index (χ3n) is 1.69. The molecule has 4 heteroatoms. The molecule has 0 radical (unpaired) electrons. The molecule has 0 saturated carbocycles. The fourth-order valence-corrected chi connectivity index (χ4v) is 1.04. The molecule has 0 aromatic rings. The molecule has 0 aliphatic carbocycles. The van der Waals surface area contributed by atoms with Crippen molar-refractivity contribution in [2.45, 2.75) is 32.7 Å². The van der Waals surface area contributed by atoms with Crippen molar-refractivity contribution < 1.29 is 19.0 Å². The lowest BCUT2D eigenvalue weighted by molar-refractivity contribution is -0.271. The van der Waals surface area contributed by atoms with Gasteiger partial charge < -0.3 is 14.2 Å². The van der Waals surface area contributed by atoms with Crippen LogP contribution in [0, 0.1) is 0 Å². The van der Waals surface area contributed by atoms with Crippen molar-refractivity contribution in [2.24, 2.45) is 0 Å². The fraction of sp³-hybridized carbons (Fsp3) is 0.875. The zero-order valence-corrected chi connectivity index (χ0v) is 7.62. The summed E-state index contributed by atoms with van der Waals surface area (Å²) in [5.74, 6) is -1.63. The van der Waals surface area contributed by atoms with Gasteiger partial charge in [0.25, 0.3) is 5.79 Å². The number of hydrogen-bond acceptors (Lipinski definition) is 4. The van der Waals surface area contributed by atoms with Gasteiger partial charge in [-0.25, -0.2) is 4.79 Å². The van der Waals surface area contributed by atoms with Gasteiger partial charge in [0.05, 0.1) is 6.61 Å². The lowest BCUT2D eigenvalue weighted by Gasteiger charge is -2.33. The van der Waals surface area contributed by atoms with Crippen LogP contribution in [0.15, 0.2) is 0 Å². The van der Waals surface area contributed by atoms with Crippen molar-refractivity contribution >= 4 is 5.97 Å². The predicted octanol–water partition coefficient (Wildman–Crippen LogP) is 0.701. The van der Waals surface area contributed by atoms with E-state index in [9.17, 15) is 4.79 Å². The molecule has 4 nitrogen and oxygen atoms in total. The Morgan fingerprint density at radius 2 is 2.42 bits per heavy atom. The Morgan fingerprint density at radius 3 is 2.92 bits per heavy atom. The lowest BCUT2D eigenvalue weighted by atomic mass is 10.2. The van der Waals surface area contributed by atoms with Crippen LogP contribution < -0.4 is 0 Å². The normalized spacial score (nSPS) is 36.2. The number of cyclic esters (lactones) is 1. The number of carbonyl (C=O) groups excluding carboxylic acids is 1. The highest BCUT2D eigenvalue weighted by Crippen LogP contribution is 2.20. The SMILES string of the molecule is CCOC1(C)OCC(C)OC1=O. The average Bonchev–Trinajstić information content (AvgIpc) is 1.99. The van der Waals surface area contributed by atoms with Gasteiger partial charge >= 0.3 is 5.97 Å². The largest absolute Gasteiger partial charge is 0.456 e. The van der Waals surface area contributed by atoms with Crippen molar-refractivity contribution in [3.8, 4) is 0 Å². The van der Waals surface area contributed by atoms with Gasteiger partial charge in [0.2, 0.25) is 0 Å². The van der Waals surface area contributed by atoms with Crippen molar-refractivity contribution in [3.63, 3.8) is 0 Å². The van der Waals surface area contributed by atoms with Gasteiger partial charge in [0.15, 0.2) is 0 Å². The monoisotopic (exact) mass is 174 g/mol. The zero-order chi connectivity index (χ0) is 9.19. The van der Waals surface area contributed by atoms with Crippen molar-refractivity contribution in [3.05, 3.63) is 0 Å². The molecule has 0 bridgehead atoms. The number of rotatable bonds is 2. The molecule has 1 aliphatic heterocycles. The Bertz CT molecular complexity index is 180. The van der Waals surface area contributed by atoms with E-state index in [1.165, 1.54) is 0 Å². The van der Waals surface area contributed by atoms with E-state index in [4.69, 9.17) is 14.2 Å². The number of ether oxygens (including phenoxy) is 3. The maximum atomic E-state index is 11.2. The molecule has 1 saturated heterocycles. The summed E-state index contributed by atoms with van der Waals surface area (Å²) >= 11 is 0. The summed E-state index contributed by atoms with van der Waals surface area (Å²) in [5, 5.41) is 0. The molecule has 1 aliphatic rings. The van der Waals surface area contributed by atoms with Gasteiger partial charge in [-0.2, -0.15) is 0 Å². The highest BCUT2D eigenvalue weighted by molar-refractivity contribution is 5.78. The fourth-order valence-electron chi connectivity index (χ4n) is 1.04. The van der Waals surface area contributed by atoms with E-state index < -0.39 is 11.8 Å². The minimum absolute atomic E-state index is 0.175. The van der Waals surface area contributed by atoms with Crippen LogP contribution in [-0.4, -0.2) is 31.1 Å². The number of carbonyl (C=O) groups is 1. The van der Waals surface area contributed by atoms with Gasteiger partial charge in [-0.15, -0.1) is 0 Å². The summed E-state index contributed by atoms with van der Waals surface area (Å²) in [6.45, 7) is 5.98. The summed E-state index contributed by atoms with van der Waals surface area (Å²) < 4.78 is 15.3. The van der Waals surface area contributed by atoms with Crippen molar-refractivity contribution in [2.75, 3.05) is 13.2 Å². The molecule has 0 aromatic heterocycles. The van der Waals surface area contributed by atoms with Crippen LogP contribution in [0.1, 0.15) is 20.8 Å². The summed E-state index contributed by atoms with van der Waals surface area (Å²) in [6.07, 6.45) is -0.175. The van der Waals surface area contributed by atoms with E-state index in [1.807, 2.05) is 0 Å². The minimum Gasteiger partial charge on any atom is -0.456 e. The Labute approximate surface area is 71.8 Å². The summed E-state index contributed by atoms with van der Waals surface area (Å²) in [6, 6.07) is 0. The summed E-state index contributed by atoms with van der Waals surface area (Å²) in [5.41, 5.74) is 0. The Balaban J connectivity index is 2.60. The highest BCUT2D eigenvalue weighted by atomic mass is 16.7. The van der Waals surface area contributed by atoms with Crippen LogP contribution in [0.5, 0.6) is 0 Å². The molecule has 1 heterocycles. The molecule has 2 unspecified atom stereocenters. The molecule has 2 atom stereocenters. The van der Waals surface area contributed by atoms with E-state index in [0.29, 0.717) is 13.2 Å². The van der Waals surface area contributed by atoms with Crippen LogP contribution in [0.3, 0.4) is 0 Å². The van der Waals surface area contributed by atoms with Gasteiger partial charge in [0.1, 0.15) is 6.10 Å². The van der Waals surface area contributed by atoms with Gasteiger partial charge in [-0.3, -0.25) is 0 Å². The second-order valence-electron chi connectivity index (χ2n) is 2.91. The zero-order valence-electron chi connectivity index (χ0n) is 7.62. The van der Waals surface area contributed by atoms with E-state index >= 15 is 0 Å². The molecular weight excluding hydrogens is 160 g/mol. The van der Waals surface area contributed by atoms with Crippen molar-refractivity contribution in [1.29, 1.82) is 0 Å². The maximum Gasteiger partial charge on any atom is 0.366 e. The van der Waals surface area contributed by atoms with Crippen molar-refractivity contribution in [1.82, 2.24) is 0 Å². The third kappa shape index (κ3) is 1.76. The smallest absolute Gasteiger partial charge is 0.366 e. The first-order valence-corrected chi connectivity index (χ1v) is 4.07. The van der Waals surface area contributed by atoms with E-state index in [1.54, 1.807) is 20.8 Å². The topological polar surface area (TPSA) is 44.8 Å². The van der Waals surface area contributed by atoms with Crippen LogP contribution in [-0.2, 0) is 19.0 Å². The molecule has 0 spiro atoms. The second kappa shape index (κ2) is 3.41. The first kappa shape index (κ1) is 9.48. The highest BCUT2D eigenvalue weighted by Gasteiger charge is 2.42. The Kier molecular flexibility index (Phi) is 2.69. The molecule has 0 N–H and O–H groups in total. The standard InChI is InChI=1S/C8H14O4/c1-4-10-8(3)7(9)12-6(2)5-11-8/h6H,4-5H2,1-3H3. The van der Waals surface area contributed by atoms with Crippen LogP contribution in [0.25, 0.3) is 0 Å². The molecule has 1 rings (SSSR count). The number of esters is 1. The molecular formula is C8H14O4. The van der Waals surface area contributed by atoms with Gasteiger partial charge in [-0.05, 0) is 13.8 Å².